The highest BCUT2D eigenvalue weighted by Crippen LogP contribution is 2.61. The van der Waals surface area contributed by atoms with Crippen LogP contribution in [0.4, 0.5) is 0 Å². The van der Waals surface area contributed by atoms with E-state index in [1.807, 2.05) is 94.1 Å². The molecule has 0 fully saturated rings. The van der Waals surface area contributed by atoms with Gasteiger partial charge in [0.25, 0.3) is 8.32 Å². The van der Waals surface area contributed by atoms with Crippen molar-refractivity contribution in [2.24, 2.45) is 0 Å². The van der Waals surface area contributed by atoms with Crippen molar-refractivity contribution in [1.29, 1.82) is 0 Å². The van der Waals surface area contributed by atoms with Gasteiger partial charge in [0, 0.05) is 33.4 Å². The third kappa shape index (κ3) is 6.55. The molecule has 0 aromatic heterocycles. The molecule has 1 nitrogen and oxygen atoms in total. The van der Waals surface area contributed by atoms with Crippen molar-refractivity contribution in [2.45, 2.75) is 32.4 Å². The van der Waals surface area contributed by atoms with Gasteiger partial charge in [-0.2, -0.15) is 0 Å². The van der Waals surface area contributed by atoms with Gasteiger partial charge in [-0.1, -0.05) is 165 Å². The van der Waals surface area contributed by atoms with Crippen molar-refractivity contribution >= 4 is 143 Å². The summed E-state index contributed by atoms with van der Waals surface area (Å²) in [5, 5.41) is 10.7. The number of hydrogen-bond donors (Lipinski definition) is 0. The minimum Gasteiger partial charge on any atom is -0.403 e. The smallest absolute Gasteiger partial charge is 0.261 e. The van der Waals surface area contributed by atoms with Crippen LogP contribution in [-0.2, 0) is 11.0 Å². The molecule has 5 aromatic rings. The Morgan fingerprint density at radius 3 is 1.35 bits per heavy atom. The van der Waals surface area contributed by atoms with E-state index >= 15 is 0 Å². The largest absolute Gasteiger partial charge is 0.403 e. The van der Waals surface area contributed by atoms with E-state index in [0.717, 1.165) is 0 Å². The fourth-order valence-corrected chi connectivity index (χ4v) is 24.1. The van der Waals surface area contributed by atoms with Crippen molar-refractivity contribution in [1.82, 2.24) is 0 Å². The number of hydrogen-bond acceptors (Lipinski definition) is 9. The summed E-state index contributed by atoms with van der Waals surface area (Å²) < 4.78 is 16.3. The van der Waals surface area contributed by atoms with Crippen LogP contribution in [0.5, 0.6) is 0 Å². The molecular weight excluding hydrogens is 793 g/mol. The molecule has 4 aliphatic rings. The number of thioether (sulfide) groups is 8. The van der Waals surface area contributed by atoms with E-state index in [1.54, 1.807) is 0 Å². The van der Waals surface area contributed by atoms with Gasteiger partial charge in [-0.15, -0.1) is 47.0 Å². The molecule has 10 heteroatoms. The molecule has 0 unspecified atom stereocenters. The Balaban J connectivity index is 1.25. The summed E-state index contributed by atoms with van der Waals surface area (Å²) in [5.74, 6) is 4.77. The van der Waals surface area contributed by atoms with Crippen molar-refractivity contribution < 1.29 is 4.43 Å². The second-order valence-electron chi connectivity index (χ2n) is 13.7. The van der Waals surface area contributed by atoms with Crippen LogP contribution in [0, 0.1) is 0 Å². The van der Waals surface area contributed by atoms with Gasteiger partial charge in [0.1, 0.15) is 0 Å². The number of benzene rings is 5. The van der Waals surface area contributed by atoms with E-state index in [2.05, 4.69) is 124 Å². The van der Waals surface area contributed by atoms with E-state index < -0.39 is 8.32 Å². The van der Waals surface area contributed by atoms with Gasteiger partial charge in [-0.3, -0.25) is 0 Å². The Kier molecular flexibility index (Phi) is 10.3. The maximum Gasteiger partial charge on any atom is 0.261 e. The lowest BCUT2D eigenvalue weighted by molar-refractivity contribution is 0.286. The molecule has 51 heavy (non-hydrogen) atoms. The van der Waals surface area contributed by atoms with Crippen molar-refractivity contribution in [3.05, 3.63) is 136 Å². The van der Waals surface area contributed by atoms with Crippen LogP contribution in [0.15, 0.2) is 120 Å². The van der Waals surface area contributed by atoms with Crippen molar-refractivity contribution in [3.63, 3.8) is 0 Å². The van der Waals surface area contributed by atoms with Gasteiger partial charge in [0.2, 0.25) is 0 Å². The Morgan fingerprint density at radius 1 is 0.490 bits per heavy atom. The maximum atomic E-state index is 7.51. The second kappa shape index (κ2) is 14.8. The van der Waals surface area contributed by atoms with Gasteiger partial charge in [0.05, 0.1) is 32.0 Å². The van der Waals surface area contributed by atoms with Gasteiger partial charge < -0.3 is 4.43 Å². The predicted molar refractivity (Wildman–Crippen MR) is 244 cm³/mol. The summed E-state index contributed by atoms with van der Waals surface area (Å²) in [6.07, 6.45) is 0. The maximum absolute atomic E-state index is 7.51. The molecule has 0 radical (unpaired) electrons. The fraction of sp³-hybridized carbons (Fsp3) is 0.220. The molecule has 0 spiro atoms. The van der Waals surface area contributed by atoms with E-state index in [1.165, 1.54) is 96.4 Å². The summed E-state index contributed by atoms with van der Waals surface area (Å²) in [4.78, 5) is 0. The SMILES string of the molecule is CC(C)(C)[Si](OCc1ccc2c(=C3SC4=C(SCCS4)S3)c3ccccc3c(=C3SC4=C(SCCS4)S3)c2c1)(c1ccccc1)c1ccccc1. The third-order valence-electron chi connectivity index (χ3n) is 9.54. The molecule has 5 aromatic carbocycles. The average Bonchev–Trinajstić information content (AvgIpc) is 3.79. The van der Waals surface area contributed by atoms with E-state index in [9.17, 15) is 0 Å². The monoisotopic (exact) mass is 828 g/mol. The first kappa shape index (κ1) is 35.5. The molecule has 0 amide bonds. The van der Waals surface area contributed by atoms with Crippen LogP contribution in [0.2, 0.25) is 5.04 Å². The van der Waals surface area contributed by atoms with Crippen LogP contribution in [-0.4, -0.2) is 31.3 Å². The zero-order valence-corrected chi connectivity index (χ0v) is 36.1. The van der Waals surface area contributed by atoms with E-state index in [-0.39, 0.29) is 5.04 Å². The molecule has 4 aliphatic heterocycles. The highest BCUT2D eigenvalue weighted by Gasteiger charge is 2.50. The molecule has 0 N–H and O–H groups in total. The van der Waals surface area contributed by atoms with Crippen LogP contribution < -0.4 is 20.8 Å². The highest BCUT2D eigenvalue weighted by atomic mass is 32.3. The highest BCUT2D eigenvalue weighted by molar-refractivity contribution is 8.47. The first-order chi connectivity index (χ1) is 24.9. The lowest BCUT2D eigenvalue weighted by Crippen LogP contribution is -2.66. The number of fused-ring (bicyclic) bond motifs is 2. The Labute approximate surface area is 335 Å². The molecule has 4 heterocycles. The van der Waals surface area contributed by atoms with Crippen LogP contribution in [0.3, 0.4) is 0 Å². The Hall–Kier alpha value is -1.18. The first-order valence-electron chi connectivity index (χ1n) is 17.1. The van der Waals surface area contributed by atoms with Gasteiger partial charge in [-0.25, -0.2) is 0 Å². The topological polar surface area (TPSA) is 9.23 Å². The lowest BCUT2D eigenvalue weighted by Gasteiger charge is -2.43. The second-order valence-corrected chi connectivity index (χ2v) is 28.0. The zero-order chi connectivity index (χ0) is 34.6. The third-order valence-corrected chi connectivity index (χ3v) is 26.1. The lowest BCUT2D eigenvalue weighted by atomic mass is 9.97. The minimum atomic E-state index is -2.70. The van der Waals surface area contributed by atoms with Gasteiger partial charge >= 0.3 is 0 Å². The Bertz CT molecular complexity index is 2290. The summed E-state index contributed by atoms with van der Waals surface area (Å²) in [7, 11) is -2.70. The molecule has 0 saturated carbocycles. The molecule has 9 rings (SSSR count). The molecular formula is C41H36OS8Si. The first-order valence-corrected chi connectivity index (χ1v) is 26.2. The standard InChI is InChI=1S/C41H36OS8Si/c1-41(2,3)51(27-12-6-4-7-13-27,28-14-8-5-9-15-28)42-25-26-18-19-31-32(24-26)34(36-49-39-40(50-36)46-23-22-45-39)30-17-11-10-16-29(30)33(31)35-47-37-38(48-35)44-21-20-43-37/h4-19,24H,20-23,25H2,1-3H3. The number of rotatable bonds is 5. The van der Waals surface area contributed by atoms with Gasteiger partial charge in [-0.05, 0) is 48.6 Å². The molecule has 0 bridgehead atoms. The van der Waals surface area contributed by atoms with Crippen LogP contribution in [0.25, 0.3) is 30.0 Å². The predicted octanol–water partition coefficient (Wildman–Crippen LogP) is 11.4. The molecule has 258 valence electrons. The quantitative estimate of drug-likeness (QED) is 0.125. The Morgan fingerprint density at radius 2 is 0.902 bits per heavy atom. The van der Waals surface area contributed by atoms with Crippen molar-refractivity contribution in [2.75, 3.05) is 23.0 Å². The van der Waals surface area contributed by atoms with Crippen molar-refractivity contribution in [3.8, 4) is 0 Å². The molecule has 0 aliphatic carbocycles. The molecule has 0 saturated heterocycles. The summed E-state index contributed by atoms with van der Waals surface area (Å²) >= 11 is 16.1. The fourth-order valence-electron chi connectivity index (χ4n) is 7.35. The van der Waals surface area contributed by atoms with Gasteiger partial charge in [0.15, 0.2) is 0 Å². The zero-order valence-electron chi connectivity index (χ0n) is 28.5. The summed E-state index contributed by atoms with van der Waals surface area (Å²) in [6, 6.07) is 38.5. The molecule has 0 atom stereocenters. The minimum absolute atomic E-state index is 0.0795. The van der Waals surface area contributed by atoms with E-state index in [4.69, 9.17) is 4.43 Å². The van der Waals surface area contributed by atoms with Crippen LogP contribution >= 0.6 is 94.1 Å². The normalized spacial score (nSPS) is 18.3. The summed E-state index contributed by atoms with van der Waals surface area (Å²) in [5.41, 5.74) is 1.23. The average molecular weight is 829 g/mol. The van der Waals surface area contributed by atoms with E-state index in [0.29, 0.717) is 6.61 Å². The van der Waals surface area contributed by atoms with Crippen LogP contribution in [0.1, 0.15) is 26.3 Å². The summed E-state index contributed by atoms with van der Waals surface area (Å²) in [6.45, 7) is 7.66.